The summed E-state index contributed by atoms with van der Waals surface area (Å²) in [7, 11) is 0. The molecule has 3 nitrogen and oxygen atoms in total. The van der Waals surface area contributed by atoms with Crippen LogP contribution in [0.3, 0.4) is 0 Å². The normalized spacial score (nSPS) is 38.2. The predicted octanol–water partition coefficient (Wildman–Crippen LogP) is 1.91. The summed E-state index contributed by atoms with van der Waals surface area (Å²) < 4.78 is 6.20. The Bertz CT molecular complexity index is 499. The van der Waals surface area contributed by atoms with Crippen LogP contribution in [-0.2, 0) is 0 Å². The Kier molecular flexibility index (Phi) is 1.76. The molecule has 0 saturated carbocycles. The summed E-state index contributed by atoms with van der Waals surface area (Å²) in [5.41, 5.74) is 0.495. The van der Waals surface area contributed by atoms with Gasteiger partial charge in [0.2, 0.25) is 0 Å². The first-order valence-electron chi connectivity index (χ1n) is 6.34. The van der Waals surface area contributed by atoms with E-state index in [0.717, 1.165) is 24.2 Å². The molecule has 4 rings (SSSR count). The van der Waals surface area contributed by atoms with Crippen molar-refractivity contribution in [2.45, 2.75) is 43.4 Å². The molecule has 3 aliphatic rings. The molecule has 0 radical (unpaired) electrons. The fraction of sp³-hybridized carbons (Fsp3) is 0.500. The van der Waals surface area contributed by atoms with Gasteiger partial charge in [-0.15, -0.1) is 0 Å². The third-order valence-electron chi connectivity index (χ3n) is 4.43. The van der Waals surface area contributed by atoms with Gasteiger partial charge in [0.1, 0.15) is 11.4 Å². The van der Waals surface area contributed by atoms with Crippen LogP contribution >= 0.6 is 0 Å². The van der Waals surface area contributed by atoms with Gasteiger partial charge in [-0.3, -0.25) is 4.79 Å². The molecular weight excluding hydrogens is 214 g/mol. The molecule has 3 atom stereocenters. The second-order valence-corrected chi connectivity index (χ2v) is 5.46. The van der Waals surface area contributed by atoms with Crippen LogP contribution in [0.25, 0.3) is 0 Å². The van der Waals surface area contributed by atoms with Crippen molar-refractivity contribution in [2.75, 3.05) is 0 Å². The van der Waals surface area contributed by atoms with Crippen LogP contribution in [0, 0.1) is 0 Å². The Morgan fingerprint density at radius 3 is 2.94 bits per heavy atom. The van der Waals surface area contributed by atoms with Gasteiger partial charge in [0.15, 0.2) is 5.78 Å². The van der Waals surface area contributed by atoms with Crippen molar-refractivity contribution in [3.63, 3.8) is 0 Å². The number of fused-ring (bicyclic) bond motifs is 4. The lowest BCUT2D eigenvalue weighted by atomic mass is 9.78. The van der Waals surface area contributed by atoms with Crippen LogP contribution in [0.1, 0.15) is 36.0 Å². The van der Waals surface area contributed by atoms with Crippen molar-refractivity contribution in [3.05, 3.63) is 29.8 Å². The smallest absolute Gasteiger partial charge is 0.170 e. The molecule has 3 heteroatoms. The molecule has 2 fully saturated rings. The zero-order valence-corrected chi connectivity index (χ0v) is 9.61. The lowest BCUT2D eigenvalue weighted by Gasteiger charge is -2.40. The highest BCUT2D eigenvalue weighted by Crippen LogP contribution is 2.46. The summed E-state index contributed by atoms with van der Waals surface area (Å²) >= 11 is 0. The first-order chi connectivity index (χ1) is 8.27. The van der Waals surface area contributed by atoms with E-state index in [1.165, 1.54) is 6.42 Å². The molecule has 1 N–H and O–H groups in total. The van der Waals surface area contributed by atoms with Gasteiger partial charge in [0.25, 0.3) is 0 Å². The fourth-order valence-corrected chi connectivity index (χ4v) is 3.67. The molecule has 0 amide bonds. The maximum atomic E-state index is 12.2. The number of nitrogens with one attached hydrogen (secondary N) is 1. The van der Waals surface area contributed by atoms with Crippen LogP contribution < -0.4 is 10.1 Å². The molecule has 1 aromatic rings. The third kappa shape index (κ3) is 1.23. The van der Waals surface area contributed by atoms with Gasteiger partial charge in [0, 0.05) is 18.5 Å². The van der Waals surface area contributed by atoms with Crippen LogP contribution in [0.15, 0.2) is 24.3 Å². The van der Waals surface area contributed by atoms with E-state index in [9.17, 15) is 4.79 Å². The van der Waals surface area contributed by atoms with E-state index in [0.29, 0.717) is 18.5 Å². The van der Waals surface area contributed by atoms with Gasteiger partial charge < -0.3 is 10.1 Å². The van der Waals surface area contributed by atoms with Crippen molar-refractivity contribution in [1.82, 2.24) is 5.32 Å². The van der Waals surface area contributed by atoms with Gasteiger partial charge in [-0.2, -0.15) is 0 Å². The Hall–Kier alpha value is -1.35. The molecule has 1 aromatic carbocycles. The number of Topliss-reactive ketones (excluding diaryl/α,β-unsaturated/α-hetero) is 1. The topological polar surface area (TPSA) is 38.3 Å². The fourth-order valence-electron chi connectivity index (χ4n) is 3.67. The number of para-hydroxylation sites is 1. The second-order valence-electron chi connectivity index (χ2n) is 5.46. The minimum Gasteiger partial charge on any atom is -0.484 e. The molecule has 0 unspecified atom stereocenters. The number of hydrogen-bond acceptors (Lipinski definition) is 3. The van der Waals surface area contributed by atoms with Crippen LogP contribution in [0.2, 0.25) is 0 Å². The van der Waals surface area contributed by atoms with Crippen molar-refractivity contribution < 1.29 is 9.53 Å². The highest BCUT2D eigenvalue weighted by Gasteiger charge is 2.55. The summed E-state index contributed by atoms with van der Waals surface area (Å²) in [6, 6.07) is 8.54. The number of rotatable bonds is 0. The zero-order valence-electron chi connectivity index (χ0n) is 9.61. The maximum absolute atomic E-state index is 12.2. The zero-order chi connectivity index (χ0) is 11.5. The standard InChI is InChI=1S/C14H15NO2/c16-11-8-14(7-9-5-6-13(14)15-9)17-12-4-2-1-3-10(11)12/h1-4,9,13,15H,5-8H2/t9-,13+,14-/m1/s1. The Balaban J connectivity index is 1.77. The Morgan fingerprint density at radius 2 is 2.18 bits per heavy atom. The van der Waals surface area contributed by atoms with Crippen LogP contribution in [-0.4, -0.2) is 23.5 Å². The van der Waals surface area contributed by atoms with E-state index in [1.54, 1.807) is 0 Å². The molecule has 0 aromatic heterocycles. The van der Waals surface area contributed by atoms with Gasteiger partial charge in [-0.25, -0.2) is 0 Å². The quantitative estimate of drug-likeness (QED) is 0.738. The van der Waals surface area contributed by atoms with Gasteiger partial charge in [-0.05, 0) is 25.0 Å². The number of ketones is 1. The lowest BCUT2D eigenvalue weighted by molar-refractivity contribution is 0.0232. The van der Waals surface area contributed by atoms with Crippen LogP contribution in [0.4, 0.5) is 0 Å². The molecule has 2 saturated heterocycles. The summed E-state index contributed by atoms with van der Waals surface area (Å²) in [6.07, 6.45) is 3.89. The van der Waals surface area contributed by atoms with E-state index in [-0.39, 0.29) is 11.4 Å². The van der Waals surface area contributed by atoms with Crippen molar-refractivity contribution >= 4 is 5.78 Å². The molecule has 1 spiro atoms. The average Bonchev–Trinajstić information content (AvgIpc) is 2.89. The number of hydrogen-bond donors (Lipinski definition) is 1. The highest BCUT2D eigenvalue weighted by molar-refractivity contribution is 6.00. The van der Waals surface area contributed by atoms with E-state index >= 15 is 0 Å². The van der Waals surface area contributed by atoms with Gasteiger partial charge in [0.05, 0.1) is 12.0 Å². The van der Waals surface area contributed by atoms with Crippen molar-refractivity contribution in [1.29, 1.82) is 0 Å². The summed E-state index contributed by atoms with van der Waals surface area (Å²) in [4.78, 5) is 12.2. The van der Waals surface area contributed by atoms with Crippen LogP contribution in [0.5, 0.6) is 5.75 Å². The summed E-state index contributed by atoms with van der Waals surface area (Å²) in [5, 5.41) is 3.56. The highest BCUT2D eigenvalue weighted by atomic mass is 16.5. The minimum absolute atomic E-state index is 0.237. The second kappa shape index (κ2) is 3.10. The van der Waals surface area contributed by atoms with E-state index in [4.69, 9.17) is 4.74 Å². The number of ether oxygens (including phenoxy) is 1. The van der Waals surface area contributed by atoms with Crippen molar-refractivity contribution in [2.24, 2.45) is 0 Å². The third-order valence-corrected chi connectivity index (χ3v) is 4.43. The molecule has 3 heterocycles. The first-order valence-corrected chi connectivity index (χ1v) is 6.34. The molecule has 0 aliphatic carbocycles. The largest absolute Gasteiger partial charge is 0.484 e. The molecule has 88 valence electrons. The maximum Gasteiger partial charge on any atom is 0.170 e. The SMILES string of the molecule is O=C1C[C@@]2(C[C@H]3CC[C@@H]2N3)Oc2ccccc21. The van der Waals surface area contributed by atoms with E-state index in [2.05, 4.69) is 5.32 Å². The number of carbonyl (C=O) groups is 1. The molecule has 17 heavy (non-hydrogen) atoms. The Morgan fingerprint density at radius 1 is 1.29 bits per heavy atom. The minimum atomic E-state index is -0.256. The van der Waals surface area contributed by atoms with Gasteiger partial charge >= 0.3 is 0 Å². The predicted molar refractivity (Wildman–Crippen MR) is 63.3 cm³/mol. The van der Waals surface area contributed by atoms with Gasteiger partial charge in [-0.1, -0.05) is 12.1 Å². The average molecular weight is 229 g/mol. The number of carbonyl (C=O) groups excluding carboxylic acids is 1. The molecule has 2 bridgehead atoms. The number of benzene rings is 1. The monoisotopic (exact) mass is 229 g/mol. The van der Waals surface area contributed by atoms with Crippen molar-refractivity contribution in [3.8, 4) is 5.75 Å². The summed E-state index contributed by atoms with van der Waals surface area (Å²) in [5.74, 6) is 1.01. The van der Waals surface area contributed by atoms with E-state index < -0.39 is 0 Å². The Labute approximate surface area is 100 Å². The first kappa shape index (κ1) is 9.66. The molecular formula is C14H15NO2. The lowest BCUT2D eigenvalue weighted by Crippen LogP contribution is -2.51. The molecule has 3 aliphatic heterocycles. The van der Waals surface area contributed by atoms with E-state index in [1.807, 2.05) is 24.3 Å². The summed E-state index contributed by atoms with van der Waals surface area (Å²) in [6.45, 7) is 0.